The smallest absolute Gasteiger partial charge is 0.309 e. The molecule has 0 aliphatic carbocycles. The Morgan fingerprint density at radius 3 is 2.13 bits per heavy atom. The lowest BCUT2D eigenvalue weighted by Crippen LogP contribution is -2.65. The lowest BCUT2D eigenvalue weighted by molar-refractivity contribution is -0.318. The quantitative estimate of drug-likeness (QED) is 0.328. The van der Waals surface area contributed by atoms with Gasteiger partial charge in [-0.3, -0.25) is 4.79 Å². The number of carbonyl (C=O) groups excluding carboxylic acids is 1. The highest BCUT2D eigenvalue weighted by Crippen LogP contribution is 2.49. The van der Waals surface area contributed by atoms with Crippen molar-refractivity contribution in [2.45, 2.75) is 101 Å². The van der Waals surface area contributed by atoms with E-state index in [2.05, 4.69) is 41.5 Å². The molecule has 0 bridgehead atoms. The Balaban J connectivity index is 1.52. The molecule has 4 rings (SSSR count). The van der Waals surface area contributed by atoms with E-state index in [0.29, 0.717) is 29.0 Å². The molecular formula is C30H42O7Si. The summed E-state index contributed by atoms with van der Waals surface area (Å²) in [6.45, 7) is 13.5. The van der Waals surface area contributed by atoms with Gasteiger partial charge < -0.3 is 28.8 Å². The molecule has 2 N–H and O–H groups in total. The van der Waals surface area contributed by atoms with Crippen LogP contribution < -0.4 is 4.74 Å². The second kappa shape index (κ2) is 11.5. The van der Waals surface area contributed by atoms with Crippen LogP contribution in [0.4, 0.5) is 0 Å². The van der Waals surface area contributed by atoms with Crippen molar-refractivity contribution in [1.82, 2.24) is 0 Å². The molecule has 2 heterocycles. The Bertz CT molecular complexity index is 1050. The highest BCUT2D eigenvalue weighted by atomic mass is 28.4. The van der Waals surface area contributed by atoms with Crippen LogP contribution in [-0.2, 0) is 25.3 Å². The van der Waals surface area contributed by atoms with E-state index in [-0.39, 0.29) is 13.0 Å². The SMILES string of the molecule is CC(C)[Si](O[C@@H]1CO[C@@]2(OC(=O)C[C@H]2c2ccc(OCc3ccccc3)cc2)[C@@H](O)[C@H]1O)(C(C)C)C(C)C. The molecule has 0 amide bonds. The third kappa shape index (κ3) is 5.29. The fraction of sp³-hybridized carbons (Fsp3) is 0.567. The number of rotatable bonds is 9. The molecule has 38 heavy (non-hydrogen) atoms. The molecule has 0 radical (unpaired) electrons. The van der Waals surface area contributed by atoms with E-state index in [1.807, 2.05) is 54.6 Å². The van der Waals surface area contributed by atoms with Gasteiger partial charge in [0, 0.05) is 0 Å². The Morgan fingerprint density at radius 1 is 0.947 bits per heavy atom. The summed E-state index contributed by atoms with van der Waals surface area (Å²) in [6.07, 6.45) is -3.37. The average Bonchev–Trinajstić information content (AvgIpc) is 3.23. The van der Waals surface area contributed by atoms with Gasteiger partial charge in [-0.2, -0.15) is 0 Å². The zero-order valence-corrected chi connectivity index (χ0v) is 24.3. The summed E-state index contributed by atoms with van der Waals surface area (Å²) in [5, 5.41) is 22.7. The second-order valence-corrected chi connectivity index (χ2v) is 16.9. The van der Waals surface area contributed by atoms with Crippen LogP contribution in [0.5, 0.6) is 5.75 Å². The van der Waals surface area contributed by atoms with Crippen molar-refractivity contribution in [3.63, 3.8) is 0 Å². The molecule has 5 atom stereocenters. The van der Waals surface area contributed by atoms with Crippen LogP contribution in [0.2, 0.25) is 16.6 Å². The number of hydrogen-bond donors (Lipinski definition) is 2. The third-order valence-electron chi connectivity index (χ3n) is 8.31. The van der Waals surface area contributed by atoms with Crippen molar-refractivity contribution < 1.29 is 33.6 Å². The number of benzene rings is 2. The van der Waals surface area contributed by atoms with Crippen LogP contribution in [0.3, 0.4) is 0 Å². The molecule has 2 aromatic rings. The van der Waals surface area contributed by atoms with Gasteiger partial charge >= 0.3 is 5.97 Å². The largest absolute Gasteiger partial charge is 0.489 e. The number of carbonyl (C=O) groups is 1. The number of ether oxygens (including phenoxy) is 3. The van der Waals surface area contributed by atoms with Crippen molar-refractivity contribution in [2.75, 3.05) is 6.61 Å². The van der Waals surface area contributed by atoms with E-state index >= 15 is 0 Å². The van der Waals surface area contributed by atoms with Crippen LogP contribution in [-0.4, -0.2) is 55.2 Å². The maximum absolute atomic E-state index is 12.5. The Morgan fingerprint density at radius 2 is 1.55 bits per heavy atom. The van der Waals surface area contributed by atoms with E-state index < -0.39 is 44.3 Å². The first-order valence-electron chi connectivity index (χ1n) is 13.7. The summed E-state index contributed by atoms with van der Waals surface area (Å²) in [5.41, 5.74) is 2.75. The minimum Gasteiger partial charge on any atom is -0.489 e. The normalized spacial score (nSPS) is 27.9. The molecular weight excluding hydrogens is 500 g/mol. The van der Waals surface area contributed by atoms with Crippen molar-refractivity contribution in [3.05, 3.63) is 65.7 Å². The molecule has 8 heteroatoms. The number of aliphatic hydroxyl groups is 2. The summed E-state index contributed by atoms with van der Waals surface area (Å²) in [7, 11) is -2.34. The molecule has 2 fully saturated rings. The van der Waals surface area contributed by atoms with Crippen molar-refractivity contribution in [2.24, 2.45) is 0 Å². The summed E-state index contributed by atoms with van der Waals surface area (Å²) < 4.78 is 24.5. The molecule has 2 aliphatic rings. The maximum Gasteiger partial charge on any atom is 0.309 e. The molecule has 7 nitrogen and oxygen atoms in total. The minimum atomic E-state index is -2.34. The van der Waals surface area contributed by atoms with E-state index in [1.165, 1.54) is 0 Å². The van der Waals surface area contributed by atoms with E-state index in [0.717, 1.165) is 11.1 Å². The zero-order valence-electron chi connectivity index (χ0n) is 23.3. The van der Waals surface area contributed by atoms with Gasteiger partial charge in [0.25, 0.3) is 0 Å². The van der Waals surface area contributed by atoms with Crippen molar-refractivity contribution >= 4 is 14.3 Å². The lowest BCUT2D eigenvalue weighted by atomic mass is 9.82. The second-order valence-electron chi connectivity index (χ2n) is 11.5. The number of aliphatic hydroxyl groups excluding tert-OH is 2. The Labute approximate surface area is 227 Å². The first-order valence-corrected chi connectivity index (χ1v) is 15.8. The summed E-state index contributed by atoms with van der Waals surface area (Å²) in [5.74, 6) is -2.03. The van der Waals surface area contributed by atoms with Gasteiger partial charge in [0.1, 0.15) is 24.6 Å². The standard InChI is InChI=1S/C30H42O7Si/c1-19(2)38(20(3)4,21(5)6)37-26-18-35-30(29(33)28(26)32)25(16-27(31)36-30)23-12-14-24(15-13-23)34-17-22-10-8-7-9-11-22/h7-15,19-21,25-26,28-29,32-33H,16-18H2,1-6H3/t25-,26+,28-,29-,30-/m0/s1. The van der Waals surface area contributed by atoms with E-state index in [1.54, 1.807) is 0 Å². The van der Waals surface area contributed by atoms with Gasteiger partial charge in [-0.15, -0.1) is 0 Å². The van der Waals surface area contributed by atoms with Crippen LogP contribution in [0.1, 0.15) is 65.0 Å². The fourth-order valence-corrected chi connectivity index (χ4v) is 12.0. The van der Waals surface area contributed by atoms with Gasteiger partial charge in [0.05, 0.1) is 25.0 Å². The number of hydrogen-bond acceptors (Lipinski definition) is 7. The molecule has 208 valence electrons. The van der Waals surface area contributed by atoms with Crippen LogP contribution in [0, 0.1) is 0 Å². The van der Waals surface area contributed by atoms with Gasteiger partial charge in [0.2, 0.25) is 14.1 Å². The predicted molar refractivity (Wildman–Crippen MR) is 147 cm³/mol. The molecule has 2 aromatic carbocycles. The maximum atomic E-state index is 12.5. The first kappa shape index (κ1) is 28.8. The summed E-state index contributed by atoms with van der Waals surface area (Å²) >= 11 is 0. The van der Waals surface area contributed by atoms with Gasteiger partial charge in [-0.1, -0.05) is 84.0 Å². The fourth-order valence-electron chi connectivity index (χ4n) is 6.50. The first-order chi connectivity index (χ1) is 18.0. The van der Waals surface area contributed by atoms with Gasteiger partial charge in [-0.25, -0.2) is 0 Å². The van der Waals surface area contributed by atoms with E-state index in [4.69, 9.17) is 18.6 Å². The van der Waals surface area contributed by atoms with Crippen LogP contribution in [0.15, 0.2) is 54.6 Å². The Hall–Kier alpha value is -2.23. The molecule has 0 unspecified atom stereocenters. The molecule has 2 aliphatic heterocycles. The number of esters is 1. The third-order valence-corrected chi connectivity index (χ3v) is 14.4. The van der Waals surface area contributed by atoms with Crippen LogP contribution in [0.25, 0.3) is 0 Å². The van der Waals surface area contributed by atoms with E-state index in [9.17, 15) is 15.0 Å². The predicted octanol–water partition coefficient (Wildman–Crippen LogP) is 5.31. The summed E-state index contributed by atoms with van der Waals surface area (Å²) in [4.78, 5) is 12.5. The Kier molecular flexibility index (Phi) is 8.69. The zero-order chi connectivity index (χ0) is 27.7. The van der Waals surface area contributed by atoms with Crippen molar-refractivity contribution in [1.29, 1.82) is 0 Å². The van der Waals surface area contributed by atoms with Gasteiger partial charge in [-0.05, 0) is 39.9 Å². The summed E-state index contributed by atoms with van der Waals surface area (Å²) in [6, 6.07) is 17.3. The van der Waals surface area contributed by atoms with Gasteiger partial charge in [0.15, 0.2) is 0 Å². The average molecular weight is 543 g/mol. The van der Waals surface area contributed by atoms with Crippen LogP contribution >= 0.6 is 0 Å². The topological polar surface area (TPSA) is 94.5 Å². The molecule has 0 aromatic heterocycles. The molecule has 1 spiro atoms. The monoisotopic (exact) mass is 542 g/mol. The highest BCUT2D eigenvalue weighted by molar-refractivity contribution is 6.77. The molecule has 0 saturated carbocycles. The lowest BCUT2D eigenvalue weighted by Gasteiger charge is -2.50. The minimum absolute atomic E-state index is 0.0290. The molecule has 2 saturated heterocycles. The highest BCUT2D eigenvalue weighted by Gasteiger charge is 2.63. The van der Waals surface area contributed by atoms with Crippen molar-refractivity contribution in [3.8, 4) is 5.75 Å².